The number of benzene rings is 3. The maximum Gasteiger partial charge on any atom is 0.305 e. The number of anilines is 1. The van der Waals surface area contributed by atoms with E-state index in [4.69, 9.17) is 4.74 Å². The Morgan fingerprint density at radius 1 is 1.04 bits per heavy atom. The average molecular weight is 383 g/mol. The van der Waals surface area contributed by atoms with Gasteiger partial charge in [-0.15, -0.1) is 0 Å². The molecule has 1 atom stereocenters. The van der Waals surface area contributed by atoms with Crippen LogP contribution in [0.4, 0.5) is 5.69 Å². The van der Waals surface area contributed by atoms with Crippen molar-refractivity contribution in [2.75, 3.05) is 10.9 Å². The summed E-state index contributed by atoms with van der Waals surface area (Å²) in [5.74, 6) is -0.662. The highest BCUT2D eigenvalue weighted by Crippen LogP contribution is 2.38. The molecule has 4 rings (SSSR count). The summed E-state index contributed by atoms with van der Waals surface area (Å²) in [6.07, 6.45) is -0.346. The van der Waals surface area contributed by atoms with Gasteiger partial charge in [0.2, 0.25) is 0 Å². The Balaban J connectivity index is 1.86. The number of hydrogen-bond donors (Lipinski definition) is 1. The fourth-order valence-electron chi connectivity index (χ4n) is 3.32. The summed E-state index contributed by atoms with van der Waals surface area (Å²) in [4.78, 5) is 11.4. The monoisotopic (exact) mass is 383 g/mol. The Bertz CT molecular complexity index is 1130. The second kappa shape index (κ2) is 6.59. The summed E-state index contributed by atoms with van der Waals surface area (Å²) in [6, 6.07) is 18.3. The van der Waals surface area contributed by atoms with Crippen LogP contribution in [-0.4, -0.2) is 32.1 Å². The van der Waals surface area contributed by atoms with Gasteiger partial charge in [0, 0.05) is 0 Å². The molecule has 0 aromatic heterocycles. The van der Waals surface area contributed by atoms with Crippen LogP contribution >= 0.6 is 0 Å². The van der Waals surface area contributed by atoms with Crippen molar-refractivity contribution in [3.63, 3.8) is 0 Å². The first-order valence-electron chi connectivity index (χ1n) is 8.44. The molecular formula is C20H17NO5S. The van der Waals surface area contributed by atoms with Crippen LogP contribution in [0.15, 0.2) is 71.6 Å². The van der Waals surface area contributed by atoms with Gasteiger partial charge in [0.25, 0.3) is 10.0 Å². The fraction of sp³-hybridized carbons (Fsp3) is 0.150. The highest BCUT2D eigenvalue weighted by Gasteiger charge is 2.38. The van der Waals surface area contributed by atoms with E-state index in [1.165, 1.54) is 4.31 Å². The molecule has 0 saturated heterocycles. The lowest BCUT2D eigenvalue weighted by molar-refractivity contribution is -0.137. The first kappa shape index (κ1) is 17.4. The number of sulfonamides is 1. The Morgan fingerprint density at radius 2 is 1.74 bits per heavy atom. The van der Waals surface area contributed by atoms with Crippen LogP contribution < -0.4 is 9.04 Å². The van der Waals surface area contributed by atoms with Gasteiger partial charge >= 0.3 is 5.97 Å². The van der Waals surface area contributed by atoms with Gasteiger partial charge < -0.3 is 9.84 Å². The van der Waals surface area contributed by atoms with Gasteiger partial charge in [-0.05, 0) is 35.0 Å². The molecule has 1 aliphatic rings. The van der Waals surface area contributed by atoms with Crippen molar-refractivity contribution in [2.24, 2.45) is 0 Å². The smallest absolute Gasteiger partial charge is 0.305 e. The minimum absolute atomic E-state index is 0.0177. The standard InChI is InChI=1S/C20H17NO5S/c22-20(23)12-16-13-26-19-8-4-3-7-18(19)21(16)27(24,25)17-10-9-14-5-1-2-6-15(14)11-17/h1-11,16H,12-13H2,(H,22,23)/t16-/m0/s1. The lowest BCUT2D eigenvalue weighted by Gasteiger charge is -2.36. The zero-order valence-electron chi connectivity index (χ0n) is 14.3. The van der Waals surface area contributed by atoms with E-state index < -0.39 is 22.0 Å². The molecule has 1 heterocycles. The first-order valence-corrected chi connectivity index (χ1v) is 9.88. The molecule has 27 heavy (non-hydrogen) atoms. The van der Waals surface area contributed by atoms with Crippen molar-refractivity contribution < 1.29 is 23.1 Å². The maximum atomic E-state index is 13.5. The van der Waals surface area contributed by atoms with Crippen molar-refractivity contribution >= 4 is 32.5 Å². The van der Waals surface area contributed by atoms with E-state index in [2.05, 4.69) is 0 Å². The Kier molecular flexibility index (Phi) is 4.24. The molecule has 7 heteroatoms. The van der Waals surface area contributed by atoms with Gasteiger partial charge in [-0.1, -0.05) is 42.5 Å². The van der Waals surface area contributed by atoms with Crippen LogP contribution in [-0.2, 0) is 14.8 Å². The van der Waals surface area contributed by atoms with Crippen molar-refractivity contribution in [3.8, 4) is 5.75 Å². The summed E-state index contributed by atoms with van der Waals surface area (Å²) in [7, 11) is -3.97. The van der Waals surface area contributed by atoms with E-state index in [9.17, 15) is 18.3 Å². The fourth-order valence-corrected chi connectivity index (χ4v) is 5.00. The summed E-state index contributed by atoms with van der Waals surface area (Å²) < 4.78 is 33.7. The molecule has 1 N–H and O–H groups in total. The molecule has 0 amide bonds. The topological polar surface area (TPSA) is 83.9 Å². The van der Waals surface area contributed by atoms with Gasteiger partial charge in [0.15, 0.2) is 0 Å². The molecule has 6 nitrogen and oxygen atoms in total. The van der Waals surface area contributed by atoms with E-state index in [0.29, 0.717) is 11.4 Å². The van der Waals surface area contributed by atoms with E-state index in [1.54, 1.807) is 42.5 Å². The number of hydrogen-bond acceptors (Lipinski definition) is 4. The number of carboxylic acid groups (broad SMARTS) is 1. The SMILES string of the molecule is O=C(O)C[C@H]1COc2ccccc2N1S(=O)(=O)c1ccc2ccccc2c1. The predicted octanol–water partition coefficient (Wildman–Crippen LogP) is 3.27. The largest absolute Gasteiger partial charge is 0.489 e. The van der Waals surface area contributed by atoms with E-state index >= 15 is 0 Å². The van der Waals surface area contributed by atoms with Crippen molar-refractivity contribution in [3.05, 3.63) is 66.7 Å². The van der Waals surface area contributed by atoms with Crippen LogP contribution in [0.25, 0.3) is 10.8 Å². The third-order valence-electron chi connectivity index (χ3n) is 4.55. The normalized spacial score (nSPS) is 16.6. The number of carboxylic acids is 1. The molecule has 3 aromatic carbocycles. The zero-order chi connectivity index (χ0) is 19.0. The third-order valence-corrected chi connectivity index (χ3v) is 6.42. The van der Waals surface area contributed by atoms with Gasteiger partial charge in [-0.25, -0.2) is 8.42 Å². The van der Waals surface area contributed by atoms with Crippen LogP contribution in [0.1, 0.15) is 6.42 Å². The Labute approximate surface area is 156 Å². The number of ether oxygens (including phenoxy) is 1. The van der Waals surface area contributed by atoms with E-state index in [-0.39, 0.29) is 17.9 Å². The molecule has 0 fully saturated rings. The third kappa shape index (κ3) is 3.10. The molecule has 3 aromatic rings. The molecule has 0 aliphatic carbocycles. The highest BCUT2D eigenvalue weighted by molar-refractivity contribution is 7.92. The number of carbonyl (C=O) groups is 1. The van der Waals surface area contributed by atoms with Gasteiger partial charge in [-0.2, -0.15) is 0 Å². The minimum atomic E-state index is -3.97. The number of para-hydroxylation sites is 2. The average Bonchev–Trinajstić information content (AvgIpc) is 2.66. The molecule has 0 unspecified atom stereocenters. The van der Waals surface area contributed by atoms with Crippen molar-refractivity contribution in [1.29, 1.82) is 0 Å². The Morgan fingerprint density at radius 3 is 2.52 bits per heavy atom. The van der Waals surface area contributed by atoms with Crippen LogP contribution in [0.5, 0.6) is 5.75 Å². The molecular weight excluding hydrogens is 366 g/mol. The molecule has 0 spiro atoms. The summed E-state index contributed by atoms with van der Waals surface area (Å²) >= 11 is 0. The van der Waals surface area contributed by atoms with Gasteiger partial charge in [-0.3, -0.25) is 9.10 Å². The van der Waals surface area contributed by atoms with Crippen molar-refractivity contribution in [1.82, 2.24) is 0 Å². The second-order valence-corrected chi connectivity index (χ2v) is 8.16. The molecule has 0 bridgehead atoms. The quantitative estimate of drug-likeness (QED) is 0.748. The molecule has 138 valence electrons. The number of aliphatic carboxylic acids is 1. The van der Waals surface area contributed by atoms with Crippen molar-refractivity contribution in [2.45, 2.75) is 17.4 Å². The van der Waals surface area contributed by atoms with Gasteiger partial charge in [0.1, 0.15) is 12.4 Å². The van der Waals surface area contributed by atoms with E-state index in [0.717, 1.165) is 10.8 Å². The molecule has 0 saturated carbocycles. The first-order chi connectivity index (χ1) is 13.0. The number of rotatable bonds is 4. The summed E-state index contributed by atoms with van der Waals surface area (Å²) in [5, 5.41) is 11.0. The second-order valence-electron chi connectivity index (χ2n) is 6.34. The molecule has 1 aliphatic heterocycles. The lowest BCUT2D eigenvalue weighted by atomic mass is 10.1. The predicted molar refractivity (Wildman–Crippen MR) is 102 cm³/mol. The number of nitrogens with zero attached hydrogens (tertiary/aromatic N) is 1. The summed E-state index contributed by atoms with van der Waals surface area (Å²) in [5.41, 5.74) is 0.350. The molecule has 0 radical (unpaired) electrons. The maximum absolute atomic E-state index is 13.5. The van der Waals surface area contributed by atoms with Crippen LogP contribution in [0.3, 0.4) is 0 Å². The number of fused-ring (bicyclic) bond motifs is 2. The van der Waals surface area contributed by atoms with Gasteiger partial charge in [0.05, 0.1) is 23.0 Å². The summed E-state index contributed by atoms with van der Waals surface area (Å²) in [6.45, 7) is -0.0177. The Hall–Kier alpha value is -3.06. The van der Waals surface area contributed by atoms with Crippen LogP contribution in [0.2, 0.25) is 0 Å². The highest BCUT2D eigenvalue weighted by atomic mass is 32.2. The minimum Gasteiger partial charge on any atom is -0.489 e. The lowest BCUT2D eigenvalue weighted by Crippen LogP contribution is -2.47. The zero-order valence-corrected chi connectivity index (χ0v) is 15.1. The van der Waals surface area contributed by atoms with Crippen LogP contribution in [0, 0.1) is 0 Å². The van der Waals surface area contributed by atoms with E-state index in [1.807, 2.05) is 24.3 Å².